The highest BCUT2D eigenvalue weighted by Gasteiger charge is 2.06. The quantitative estimate of drug-likeness (QED) is 0.684. The van der Waals surface area contributed by atoms with Crippen molar-refractivity contribution in [3.8, 4) is 6.07 Å². The molecule has 0 N–H and O–H groups in total. The van der Waals surface area contributed by atoms with E-state index in [0.717, 1.165) is 9.26 Å². The van der Waals surface area contributed by atoms with E-state index < -0.39 is 0 Å². The summed E-state index contributed by atoms with van der Waals surface area (Å²) in [6.45, 7) is 1.79. The molecule has 2 nitrogen and oxygen atoms in total. The first-order valence-electron chi connectivity index (χ1n) is 2.87. The van der Waals surface area contributed by atoms with E-state index >= 15 is 0 Å². The lowest BCUT2D eigenvalue weighted by Gasteiger charge is -1.99. The van der Waals surface area contributed by atoms with Crippen LogP contribution >= 0.6 is 34.2 Å². The minimum absolute atomic E-state index is 0.535. The number of rotatable bonds is 0. The summed E-state index contributed by atoms with van der Waals surface area (Å²) in [6.07, 6.45) is 1.56. The second-order valence-electron chi connectivity index (χ2n) is 1.99. The van der Waals surface area contributed by atoms with Gasteiger partial charge in [-0.3, -0.25) is 4.98 Å². The average Bonchev–Trinajstić information content (AvgIpc) is 1.99. The molecule has 0 aliphatic heterocycles. The highest BCUT2D eigenvalue weighted by molar-refractivity contribution is 14.1. The van der Waals surface area contributed by atoms with Gasteiger partial charge >= 0.3 is 0 Å². The predicted octanol–water partition coefficient (Wildman–Crippen LogP) is 2.52. The predicted molar refractivity (Wildman–Crippen MR) is 51.4 cm³/mol. The molecule has 0 saturated heterocycles. The Kier molecular flexibility index (Phi) is 2.68. The topological polar surface area (TPSA) is 36.7 Å². The van der Waals surface area contributed by atoms with E-state index in [-0.39, 0.29) is 0 Å². The summed E-state index contributed by atoms with van der Waals surface area (Å²) in [7, 11) is 0. The summed E-state index contributed by atoms with van der Waals surface area (Å²) < 4.78 is 0.777. The van der Waals surface area contributed by atoms with Crippen LogP contribution in [0, 0.1) is 21.8 Å². The van der Waals surface area contributed by atoms with Gasteiger partial charge in [-0.2, -0.15) is 5.26 Å². The van der Waals surface area contributed by atoms with Gasteiger partial charge in [0, 0.05) is 6.20 Å². The molecular formula is C7H4ClIN2. The number of aryl methyl sites for hydroxylation is 1. The van der Waals surface area contributed by atoms with E-state index in [4.69, 9.17) is 16.9 Å². The molecule has 0 saturated carbocycles. The summed E-state index contributed by atoms with van der Waals surface area (Å²) in [5.41, 5.74) is 1.29. The molecule has 0 aliphatic carbocycles. The van der Waals surface area contributed by atoms with E-state index in [1.54, 1.807) is 13.1 Å². The van der Waals surface area contributed by atoms with Crippen LogP contribution in [0.25, 0.3) is 0 Å². The third-order valence-corrected chi connectivity index (χ3v) is 3.00. The van der Waals surface area contributed by atoms with Crippen LogP contribution in [0.5, 0.6) is 0 Å². The molecule has 0 bridgehead atoms. The Labute approximate surface area is 83.3 Å². The summed E-state index contributed by atoms with van der Waals surface area (Å²) in [4.78, 5) is 3.95. The van der Waals surface area contributed by atoms with Crippen LogP contribution < -0.4 is 0 Å². The van der Waals surface area contributed by atoms with Crippen molar-refractivity contribution in [2.45, 2.75) is 6.92 Å². The van der Waals surface area contributed by atoms with Crippen LogP contribution in [0.1, 0.15) is 11.3 Å². The summed E-state index contributed by atoms with van der Waals surface area (Å²) >= 11 is 7.78. The van der Waals surface area contributed by atoms with Gasteiger partial charge in [0.2, 0.25) is 0 Å². The van der Waals surface area contributed by atoms with Crippen LogP contribution in [0.2, 0.25) is 5.02 Å². The number of hydrogen-bond donors (Lipinski definition) is 0. The normalized spacial score (nSPS) is 9.27. The molecule has 11 heavy (non-hydrogen) atoms. The fourth-order valence-electron chi connectivity index (χ4n) is 0.683. The lowest BCUT2D eigenvalue weighted by molar-refractivity contribution is 1.17. The third kappa shape index (κ3) is 1.63. The lowest BCUT2D eigenvalue weighted by atomic mass is 10.2. The maximum absolute atomic E-state index is 8.67. The fraction of sp³-hybridized carbons (Fsp3) is 0.143. The van der Waals surface area contributed by atoms with Crippen LogP contribution in [0.3, 0.4) is 0 Å². The summed E-state index contributed by atoms with van der Waals surface area (Å²) in [6, 6.07) is 2.05. The smallest absolute Gasteiger partial charge is 0.102 e. The summed E-state index contributed by atoms with van der Waals surface area (Å²) in [5, 5.41) is 9.21. The Morgan fingerprint density at radius 2 is 2.36 bits per heavy atom. The molecule has 0 spiro atoms. The van der Waals surface area contributed by atoms with Crippen molar-refractivity contribution >= 4 is 34.2 Å². The largest absolute Gasteiger partial charge is 0.259 e. The number of nitriles is 1. The van der Waals surface area contributed by atoms with Crippen molar-refractivity contribution in [1.29, 1.82) is 5.26 Å². The molecule has 1 heterocycles. The molecule has 4 heteroatoms. The number of hydrogen-bond acceptors (Lipinski definition) is 2. The molecule has 0 unspecified atom stereocenters. The van der Waals surface area contributed by atoms with E-state index in [1.165, 1.54) is 0 Å². The zero-order chi connectivity index (χ0) is 8.43. The second-order valence-corrected chi connectivity index (χ2v) is 3.48. The Morgan fingerprint density at radius 1 is 1.73 bits per heavy atom. The van der Waals surface area contributed by atoms with Gasteiger partial charge in [-0.15, -0.1) is 0 Å². The monoisotopic (exact) mass is 278 g/mol. The Balaban J connectivity index is 3.44. The SMILES string of the molecule is Cc1ncc(Cl)c(I)c1C#N. The first kappa shape index (κ1) is 8.75. The molecule has 1 aromatic heterocycles. The molecule has 0 aromatic carbocycles. The minimum atomic E-state index is 0.535. The van der Waals surface area contributed by atoms with Crippen LogP contribution in [-0.2, 0) is 0 Å². The van der Waals surface area contributed by atoms with Crippen molar-refractivity contribution in [3.63, 3.8) is 0 Å². The van der Waals surface area contributed by atoms with Gasteiger partial charge in [-0.05, 0) is 29.5 Å². The molecular weight excluding hydrogens is 274 g/mol. The van der Waals surface area contributed by atoms with Gasteiger partial charge in [-0.25, -0.2) is 0 Å². The Morgan fingerprint density at radius 3 is 2.82 bits per heavy atom. The lowest BCUT2D eigenvalue weighted by Crippen LogP contribution is -1.91. The van der Waals surface area contributed by atoms with Gasteiger partial charge in [0.1, 0.15) is 6.07 Å². The van der Waals surface area contributed by atoms with Crippen molar-refractivity contribution in [3.05, 3.63) is 26.0 Å². The number of aromatic nitrogens is 1. The van der Waals surface area contributed by atoms with Crippen molar-refractivity contribution in [2.24, 2.45) is 0 Å². The van der Waals surface area contributed by atoms with E-state index in [2.05, 4.69) is 4.98 Å². The maximum Gasteiger partial charge on any atom is 0.102 e. The van der Waals surface area contributed by atoms with Gasteiger partial charge in [0.25, 0.3) is 0 Å². The maximum atomic E-state index is 8.67. The number of pyridine rings is 1. The molecule has 0 fully saturated rings. The van der Waals surface area contributed by atoms with E-state index in [9.17, 15) is 0 Å². The molecule has 0 amide bonds. The van der Waals surface area contributed by atoms with Crippen molar-refractivity contribution in [2.75, 3.05) is 0 Å². The summed E-state index contributed by atoms with van der Waals surface area (Å²) in [5.74, 6) is 0. The first-order valence-corrected chi connectivity index (χ1v) is 4.33. The van der Waals surface area contributed by atoms with Crippen LogP contribution in [0.15, 0.2) is 6.20 Å². The van der Waals surface area contributed by atoms with E-state index in [0.29, 0.717) is 10.6 Å². The van der Waals surface area contributed by atoms with Gasteiger partial charge < -0.3 is 0 Å². The first-order chi connectivity index (χ1) is 5.16. The molecule has 0 atom stereocenters. The molecule has 56 valence electrons. The van der Waals surface area contributed by atoms with Crippen LogP contribution in [0.4, 0.5) is 0 Å². The second kappa shape index (κ2) is 3.37. The average molecular weight is 278 g/mol. The molecule has 1 rings (SSSR count). The highest BCUT2D eigenvalue weighted by atomic mass is 127. The minimum Gasteiger partial charge on any atom is -0.259 e. The molecule has 1 aromatic rings. The zero-order valence-electron chi connectivity index (χ0n) is 5.73. The number of halogens is 2. The fourth-order valence-corrected chi connectivity index (χ4v) is 1.48. The molecule has 0 radical (unpaired) electrons. The zero-order valence-corrected chi connectivity index (χ0v) is 8.64. The standard InChI is InChI=1S/C7H4ClIN2/c1-4-5(2-10)7(9)6(8)3-11-4/h3H,1H3. The third-order valence-electron chi connectivity index (χ3n) is 1.27. The van der Waals surface area contributed by atoms with Crippen molar-refractivity contribution < 1.29 is 0 Å². The van der Waals surface area contributed by atoms with Gasteiger partial charge in [0.05, 0.1) is 19.9 Å². The Bertz CT molecular complexity index is 330. The van der Waals surface area contributed by atoms with E-state index in [1.807, 2.05) is 28.7 Å². The number of nitrogens with zero attached hydrogens (tertiary/aromatic N) is 2. The van der Waals surface area contributed by atoms with Gasteiger partial charge in [-0.1, -0.05) is 11.6 Å². The highest BCUT2D eigenvalue weighted by Crippen LogP contribution is 2.22. The molecule has 0 aliphatic rings. The van der Waals surface area contributed by atoms with Crippen molar-refractivity contribution in [1.82, 2.24) is 4.98 Å². The van der Waals surface area contributed by atoms with Gasteiger partial charge in [0.15, 0.2) is 0 Å². The Hall–Kier alpha value is -0.340. The van der Waals surface area contributed by atoms with Crippen LogP contribution in [-0.4, -0.2) is 4.98 Å².